The van der Waals surface area contributed by atoms with Crippen molar-refractivity contribution in [1.82, 2.24) is 15.3 Å². The summed E-state index contributed by atoms with van der Waals surface area (Å²) in [6, 6.07) is 15.8. The maximum atomic E-state index is 12.9. The Morgan fingerprint density at radius 1 is 1.07 bits per heavy atom. The van der Waals surface area contributed by atoms with E-state index in [0.717, 1.165) is 11.3 Å². The molecule has 0 aliphatic rings. The van der Waals surface area contributed by atoms with Crippen molar-refractivity contribution >= 4 is 34.8 Å². The monoisotopic (exact) mass is 423 g/mol. The van der Waals surface area contributed by atoms with E-state index in [-0.39, 0.29) is 16.7 Å². The third-order valence-electron chi connectivity index (χ3n) is 4.47. The zero-order valence-corrected chi connectivity index (χ0v) is 17.4. The second kappa shape index (κ2) is 9.84. The van der Waals surface area contributed by atoms with Gasteiger partial charge in [0, 0.05) is 31.8 Å². The summed E-state index contributed by atoms with van der Waals surface area (Å²) in [5, 5.41) is 5.64. The molecule has 30 heavy (non-hydrogen) atoms. The summed E-state index contributed by atoms with van der Waals surface area (Å²) < 4.78 is 0. The lowest BCUT2D eigenvalue weighted by atomic mass is 10.0. The van der Waals surface area contributed by atoms with Gasteiger partial charge in [0.1, 0.15) is 12.4 Å². The molecule has 3 aromatic rings. The molecule has 2 aromatic carbocycles. The highest BCUT2D eigenvalue weighted by Gasteiger charge is 2.23. The van der Waals surface area contributed by atoms with Crippen LogP contribution in [0.5, 0.6) is 0 Å². The number of hydrogen-bond donors (Lipinski definition) is 2. The van der Waals surface area contributed by atoms with E-state index in [1.165, 1.54) is 12.5 Å². The van der Waals surface area contributed by atoms with Crippen molar-refractivity contribution in [1.29, 1.82) is 0 Å². The third kappa shape index (κ3) is 5.55. The lowest BCUT2D eigenvalue weighted by Crippen LogP contribution is -2.45. The zero-order valence-electron chi connectivity index (χ0n) is 16.7. The summed E-state index contributed by atoms with van der Waals surface area (Å²) in [6.45, 7) is 0. The molecule has 8 heteroatoms. The average Bonchev–Trinajstić information content (AvgIpc) is 2.75. The van der Waals surface area contributed by atoms with Crippen LogP contribution < -0.4 is 15.5 Å². The van der Waals surface area contributed by atoms with E-state index in [0.29, 0.717) is 12.0 Å². The Bertz CT molecular complexity index is 1010. The Morgan fingerprint density at radius 2 is 1.77 bits per heavy atom. The topological polar surface area (TPSA) is 87.2 Å². The first-order chi connectivity index (χ1) is 14.4. The Balaban J connectivity index is 1.79. The van der Waals surface area contributed by atoms with Crippen molar-refractivity contribution in [2.24, 2.45) is 0 Å². The van der Waals surface area contributed by atoms with Crippen LogP contribution in [0.4, 0.5) is 11.4 Å². The Hall–Kier alpha value is -3.45. The van der Waals surface area contributed by atoms with Crippen LogP contribution in [0.15, 0.2) is 67.1 Å². The van der Waals surface area contributed by atoms with Crippen LogP contribution >= 0.6 is 11.6 Å². The molecule has 1 aromatic heterocycles. The molecule has 0 aliphatic carbocycles. The van der Waals surface area contributed by atoms with Gasteiger partial charge in [0.25, 0.3) is 5.91 Å². The number of carbonyl (C=O) groups excluding carboxylic acids is 2. The molecule has 1 atom stereocenters. The number of carbonyl (C=O) groups is 2. The van der Waals surface area contributed by atoms with Gasteiger partial charge in [-0.1, -0.05) is 41.9 Å². The van der Waals surface area contributed by atoms with E-state index < -0.39 is 11.9 Å². The summed E-state index contributed by atoms with van der Waals surface area (Å²) >= 11 is 6.02. The van der Waals surface area contributed by atoms with Gasteiger partial charge in [-0.15, -0.1) is 0 Å². The highest BCUT2D eigenvalue weighted by molar-refractivity contribution is 6.32. The number of rotatable bonds is 7. The smallest absolute Gasteiger partial charge is 0.251 e. The largest absolute Gasteiger partial charge is 0.378 e. The number of aromatic nitrogens is 2. The predicted molar refractivity (Wildman–Crippen MR) is 118 cm³/mol. The molecule has 1 heterocycles. The van der Waals surface area contributed by atoms with Gasteiger partial charge in [0.15, 0.2) is 5.15 Å². The molecule has 0 spiro atoms. The van der Waals surface area contributed by atoms with E-state index in [1.54, 1.807) is 12.1 Å². The Kier molecular flexibility index (Phi) is 6.98. The minimum Gasteiger partial charge on any atom is -0.378 e. The quantitative estimate of drug-likeness (QED) is 0.570. The molecule has 2 amide bonds. The molecule has 0 saturated carbocycles. The summed E-state index contributed by atoms with van der Waals surface area (Å²) in [6.07, 6.45) is 3.02. The fraction of sp³-hybridized carbons (Fsp3) is 0.182. The highest BCUT2D eigenvalue weighted by Crippen LogP contribution is 2.17. The standard InChI is InChI=1S/C22H22ClN5O2/c1-28(2)17-10-8-16(9-11-17)21(29)26-18(12-15-6-4-3-5-7-15)22(30)27-19-13-24-14-25-20(19)23/h3-11,13-14,18H,12H2,1-2H3,(H,26,29)(H,27,30)/t18-/m0/s1. The summed E-state index contributed by atoms with van der Waals surface area (Å²) in [7, 11) is 3.85. The molecule has 3 rings (SSSR count). The molecule has 0 fully saturated rings. The molecule has 7 nitrogen and oxygen atoms in total. The number of hydrogen-bond acceptors (Lipinski definition) is 5. The van der Waals surface area contributed by atoms with Gasteiger partial charge in [-0.25, -0.2) is 9.97 Å². The van der Waals surface area contributed by atoms with E-state index in [9.17, 15) is 9.59 Å². The van der Waals surface area contributed by atoms with Crippen molar-refractivity contribution in [2.75, 3.05) is 24.3 Å². The van der Waals surface area contributed by atoms with Gasteiger partial charge in [0.2, 0.25) is 5.91 Å². The average molecular weight is 424 g/mol. The summed E-state index contributed by atoms with van der Waals surface area (Å²) in [5.41, 5.74) is 2.64. The van der Waals surface area contributed by atoms with Crippen LogP contribution in [0, 0.1) is 0 Å². The van der Waals surface area contributed by atoms with E-state index in [1.807, 2.05) is 61.5 Å². The number of halogens is 1. The minimum atomic E-state index is -0.815. The number of nitrogens with zero attached hydrogens (tertiary/aromatic N) is 3. The molecule has 0 unspecified atom stereocenters. The first-order valence-electron chi connectivity index (χ1n) is 9.32. The number of benzene rings is 2. The van der Waals surface area contributed by atoms with Gasteiger partial charge in [-0.3, -0.25) is 9.59 Å². The fourth-order valence-electron chi connectivity index (χ4n) is 2.83. The van der Waals surface area contributed by atoms with Crippen molar-refractivity contribution in [3.05, 3.63) is 83.4 Å². The lowest BCUT2D eigenvalue weighted by molar-refractivity contribution is -0.118. The predicted octanol–water partition coefficient (Wildman–Crippen LogP) is 3.18. The molecular formula is C22H22ClN5O2. The Morgan fingerprint density at radius 3 is 2.40 bits per heavy atom. The first kappa shape index (κ1) is 21.3. The molecule has 2 N–H and O–H groups in total. The molecule has 0 bridgehead atoms. The number of anilines is 2. The molecular weight excluding hydrogens is 402 g/mol. The van der Waals surface area contributed by atoms with Crippen molar-refractivity contribution in [3.63, 3.8) is 0 Å². The van der Waals surface area contributed by atoms with Gasteiger partial charge < -0.3 is 15.5 Å². The molecule has 0 aliphatic heterocycles. The van der Waals surface area contributed by atoms with Crippen molar-refractivity contribution in [3.8, 4) is 0 Å². The molecule has 0 saturated heterocycles. The molecule has 154 valence electrons. The first-order valence-corrected chi connectivity index (χ1v) is 9.70. The van der Waals surface area contributed by atoms with Crippen LogP contribution in [0.2, 0.25) is 5.15 Å². The normalized spacial score (nSPS) is 11.4. The number of nitrogens with one attached hydrogen (secondary N) is 2. The van der Waals surface area contributed by atoms with Gasteiger partial charge >= 0.3 is 0 Å². The van der Waals surface area contributed by atoms with Gasteiger partial charge in [0.05, 0.1) is 11.9 Å². The third-order valence-corrected chi connectivity index (χ3v) is 4.77. The summed E-state index contributed by atoms with van der Waals surface area (Å²) in [4.78, 5) is 35.4. The van der Waals surface area contributed by atoms with Crippen LogP contribution in [0.25, 0.3) is 0 Å². The maximum absolute atomic E-state index is 12.9. The van der Waals surface area contributed by atoms with Crippen LogP contribution in [-0.2, 0) is 11.2 Å². The summed E-state index contributed by atoms with van der Waals surface area (Å²) in [5.74, 6) is -0.749. The van der Waals surface area contributed by atoms with Gasteiger partial charge in [-0.2, -0.15) is 0 Å². The van der Waals surface area contributed by atoms with E-state index in [2.05, 4.69) is 20.6 Å². The SMILES string of the molecule is CN(C)c1ccc(C(=O)N[C@@H](Cc2ccccc2)C(=O)Nc2cncnc2Cl)cc1. The van der Waals surface area contributed by atoms with Crippen LogP contribution in [0.1, 0.15) is 15.9 Å². The van der Waals surface area contributed by atoms with Crippen molar-refractivity contribution in [2.45, 2.75) is 12.5 Å². The molecule has 0 radical (unpaired) electrons. The Labute approximate surface area is 180 Å². The van der Waals surface area contributed by atoms with E-state index in [4.69, 9.17) is 11.6 Å². The minimum absolute atomic E-state index is 0.127. The zero-order chi connectivity index (χ0) is 21.5. The van der Waals surface area contributed by atoms with Crippen LogP contribution in [-0.4, -0.2) is 41.9 Å². The lowest BCUT2D eigenvalue weighted by Gasteiger charge is -2.19. The maximum Gasteiger partial charge on any atom is 0.251 e. The van der Waals surface area contributed by atoms with E-state index >= 15 is 0 Å². The second-order valence-electron chi connectivity index (χ2n) is 6.87. The van der Waals surface area contributed by atoms with Crippen LogP contribution in [0.3, 0.4) is 0 Å². The second-order valence-corrected chi connectivity index (χ2v) is 7.23. The number of amides is 2. The van der Waals surface area contributed by atoms with Gasteiger partial charge in [-0.05, 0) is 29.8 Å². The highest BCUT2D eigenvalue weighted by atomic mass is 35.5. The fourth-order valence-corrected chi connectivity index (χ4v) is 2.97. The van der Waals surface area contributed by atoms with Crippen molar-refractivity contribution < 1.29 is 9.59 Å².